The molecule has 0 aliphatic rings. The Morgan fingerprint density at radius 2 is 1.83 bits per heavy atom. The first kappa shape index (κ1) is 19.7. The second-order valence-electron chi connectivity index (χ2n) is 6.54. The Balaban J connectivity index is 1.83. The highest BCUT2D eigenvalue weighted by Crippen LogP contribution is 2.40. The summed E-state index contributed by atoms with van der Waals surface area (Å²) in [5.41, 5.74) is 2.24. The predicted octanol–water partition coefficient (Wildman–Crippen LogP) is 4.50. The lowest BCUT2D eigenvalue weighted by Crippen LogP contribution is -2.09. The molecule has 0 amide bonds. The van der Waals surface area contributed by atoms with E-state index in [-0.39, 0.29) is 5.56 Å². The highest BCUT2D eigenvalue weighted by molar-refractivity contribution is 7.20. The molecule has 0 spiro atoms. The third-order valence-corrected chi connectivity index (χ3v) is 5.93. The van der Waals surface area contributed by atoms with E-state index in [0.29, 0.717) is 37.7 Å². The Kier molecular flexibility index (Phi) is 5.24. The molecule has 2 aromatic carbocycles. The first-order chi connectivity index (χ1) is 14.5. The highest BCUT2D eigenvalue weighted by atomic mass is 32.1. The van der Waals surface area contributed by atoms with Crippen LogP contribution in [0.25, 0.3) is 21.6 Å². The van der Waals surface area contributed by atoms with Gasteiger partial charge in [-0.3, -0.25) is 4.79 Å². The second kappa shape index (κ2) is 8.00. The number of ether oxygens (including phenoxy) is 2. The maximum atomic E-state index is 12.5. The van der Waals surface area contributed by atoms with Crippen LogP contribution in [0.2, 0.25) is 0 Å². The molecule has 0 bridgehead atoms. The van der Waals surface area contributed by atoms with Crippen molar-refractivity contribution in [2.24, 2.45) is 0 Å². The molecule has 2 heterocycles. The van der Waals surface area contributed by atoms with Crippen LogP contribution in [-0.2, 0) is 4.74 Å². The molecule has 30 heavy (non-hydrogen) atoms. The fourth-order valence-electron chi connectivity index (χ4n) is 3.17. The third kappa shape index (κ3) is 3.53. The van der Waals surface area contributed by atoms with Crippen molar-refractivity contribution in [3.05, 3.63) is 70.0 Å². The topological polar surface area (TPSA) is 93.3 Å². The summed E-state index contributed by atoms with van der Waals surface area (Å²) < 4.78 is 10.2. The Labute approximate surface area is 176 Å². The van der Waals surface area contributed by atoms with E-state index in [1.165, 1.54) is 18.4 Å². The SMILES string of the molecule is COC(=O)c1c(Nc2ccc(OC)cc2)sc(-c2nc3ccccc3c(=O)[nH]2)c1C. The fourth-order valence-corrected chi connectivity index (χ4v) is 4.33. The van der Waals surface area contributed by atoms with Gasteiger partial charge in [-0.15, -0.1) is 11.3 Å². The molecular weight excluding hydrogens is 402 g/mol. The van der Waals surface area contributed by atoms with E-state index in [2.05, 4.69) is 15.3 Å². The molecule has 4 aromatic rings. The van der Waals surface area contributed by atoms with E-state index in [0.717, 1.165) is 11.4 Å². The minimum atomic E-state index is -0.464. The highest BCUT2D eigenvalue weighted by Gasteiger charge is 2.24. The van der Waals surface area contributed by atoms with Crippen molar-refractivity contribution < 1.29 is 14.3 Å². The fraction of sp³-hybridized carbons (Fsp3) is 0.136. The second-order valence-corrected chi connectivity index (χ2v) is 7.56. The number of H-pyrrole nitrogens is 1. The molecule has 0 unspecified atom stereocenters. The number of aromatic amines is 1. The Morgan fingerprint density at radius 3 is 2.53 bits per heavy atom. The molecular formula is C22H19N3O4S. The standard InChI is InChI=1S/C22H19N3O4S/c1-12-17(22(27)29-3)21(23-13-8-10-14(28-2)11-9-13)30-18(12)19-24-16-7-5-4-6-15(16)20(26)25-19/h4-11,23H,1-3H3,(H,24,25,26). The van der Waals surface area contributed by atoms with Crippen LogP contribution >= 0.6 is 11.3 Å². The van der Waals surface area contributed by atoms with E-state index >= 15 is 0 Å². The van der Waals surface area contributed by atoms with Gasteiger partial charge in [0.05, 0.1) is 35.6 Å². The summed E-state index contributed by atoms with van der Waals surface area (Å²) in [4.78, 5) is 33.1. The number of rotatable bonds is 5. The van der Waals surface area contributed by atoms with Crippen molar-refractivity contribution in [3.63, 3.8) is 0 Å². The Hall–Kier alpha value is -3.65. The molecule has 0 saturated heterocycles. The van der Waals surface area contributed by atoms with Crippen molar-refractivity contribution in [1.82, 2.24) is 9.97 Å². The molecule has 0 aliphatic carbocycles. The van der Waals surface area contributed by atoms with Gasteiger partial charge >= 0.3 is 5.97 Å². The zero-order valence-corrected chi connectivity index (χ0v) is 17.4. The van der Waals surface area contributed by atoms with Crippen LogP contribution in [0.3, 0.4) is 0 Å². The number of fused-ring (bicyclic) bond motifs is 1. The number of carbonyl (C=O) groups is 1. The van der Waals surface area contributed by atoms with Crippen LogP contribution in [0.15, 0.2) is 53.3 Å². The summed E-state index contributed by atoms with van der Waals surface area (Å²) in [5, 5.41) is 4.39. The monoisotopic (exact) mass is 421 g/mol. The molecule has 0 atom stereocenters. The predicted molar refractivity (Wildman–Crippen MR) is 118 cm³/mol. The first-order valence-corrected chi connectivity index (χ1v) is 9.95. The number of para-hydroxylation sites is 1. The number of benzene rings is 2. The Morgan fingerprint density at radius 1 is 1.10 bits per heavy atom. The lowest BCUT2D eigenvalue weighted by Gasteiger charge is -2.08. The van der Waals surface area contributed by atoms with Crippen LogP contribution in [0, 0.1) is 6.92 Å². The maximum absolute atomic E-state index is 12.5. The van der Waals surface area contributed by atoms with Crippen molar-refractivity contribution in [1.29, 1.82) is 0 Å². The summed E-state index contributed by atoms with van der Waals surface area (Å²) in [7, 11) is 2.94. The molecule has 0 saturated carbocycles. The number of carbonyl (C=O) groups excluding carboxylic acids is 1. The van der Waals surface area contributed by atoms with Crippen LogP contribution in [-0.4, -0.2) is 30.2 Å². The summed E-state index contributed by atoms with van der Waals surface area (Å²) in [6.45, 7) is 1.81. The quantitative estimate of drug-likeness (QED) is 0.461. The number of esters is 1. The molecule has 0 aliphatic heterocycles. The lowest BCUT2D eigenvalue weighted by atomic mass is 10.1. The third-order valence-electron chi connectivity index (χ3n) is 4.71. The molecule has 0 radical (unpaired) electrons. The van der Waals surface area contributed by atoms with E-state index in [1.54, 1.807) is 25.3 Å². The van der Waals surface area contributed by atoms with Gasteiger partial charge in [-0.05, 0) is 48.9 Å². The number of nitrogens with zero attached hydrogens (tertiary/aromatic N) is 1. The van der Waals surface area contributed by atoms with Crippen molar-refractivity contribution in [3.8, 4) is 16.5 Å². The van der Waals surface area contributed by atoms with Crippen LogP contribution in [0.1, 0.15) is 15.9 Å². The summed E-state index contributed by atoms with van der Waals surface area (Å²) in [6, 6.07) is 14.5. The maximum Gasteiger partial charge on any atom is 0.341 e. The Bertz CT molecular complexity index is 1290. The smallest absolute Gasteiger partial charge is 0.341 e. The number of anilines is 2. The minimum absolute atomic E-state index is 0.229. The molecule has 8 heteroatoms. The van der Waals surface area contributed by atoms with Gasteiger partial charge < -0.3 is 19.8 Å². The van der Waals surface area contributed by atoms with Crippen LogP contribution in [0.4, 0.5) is 10.7 Å². The summed E-state index contributed by atoms with van der Waals surface area (Å²) in [6.07, 6.45) is 0. The first-order valence-electron chi connectivity index (χ1n) is 9.14. The minimum Gasteiger partial charge on any atom is -0.497 e. The number of hydrogen-bond acceptors (Lipinski definition) is 7. The van der Waals surface area contributed by atoms with Gasteiger partial charge in [0, 0.05) is 5.69 Å². The molecule has 152 valence electrons. The number of nitrogens with one attached hydrogen (secondary N) is 2. The van der Waals surface area contributed by atoms with Crippen molar-refractivity contribution in [2.45, 2.75) is 6.92 Å². The van der Waals surface area contributed by atoms with Gasteiger partial charge in [-0.1, -0.05) is 12.1 Å². The molecule has 2 aromatic heterocycles. The van der Waals surface area contributed by atoms with Gasteiger partial charge in [0.1, 0.15) is 10.8 Å². The van der Waals surface area contributed by atoms with Crippen molar-refractivity contribution in [2.75, 3.05) is 19.5 Å². The number of thiophene rings is 1. The van der Waals surface area contributed by atoms with E-state index in [9.17, 15) is 9.59 Å². The number of methoxy groups -OCH3 is 2. The van der Waals surface area contributed by atoms with Gasteiger partial charge in [0.15, 0.2) is 5.82 Å². The molecule has 2 N–H and O–H groups in total. The number of aromatic nitrogens is 2. The normalized spacial score (nSPS) is 10.8. The number of hydrogen-bond donors (Lipinski definition) is 2. The van der Waals surface area contributed by atoms with Crippen LogP contribution < -0.4 is 15.6 Å². The zero-order valence-electron chi connectivity index (χ0n) is 16.6. The van der Waals surface area contributed by atoms with Gasteiger partial charge in [0.25, 0.3) is 5.56 Å². The van der Waals surface area contributed by atoms with E-state index in [4.69, 9.17) is 9.47 Å². The average Bonchev–Trinajstić information content (AvgIpc) is 3.09. The van der Waals surface area contributed by atoms with Gasteiger partial charge in [-0.2, -0.15) is 0 Å². The van der Waals surface area contributed by atoms with E-state index < -0.39 is 5.97 Å². The largest absolute Gasteiger partial charge is 0.497 e. The summed E-state index contributed by atoms with van der Waals surface area (Å²) >= 11 is 1.33. The van der Waals surface area contributed by atoms with Crippen LogP contribution in [0.5, 0.6) is 5.75 Å². The van der Waals surface area contributed by atoms with E-state index in [1.807, 2.05) is 37.3 Å². The molecule has 7 nitrogen and oxygen atoms in total. The lowest BCUT2D eigenvalue weighted by molar-refractivity contribution is 0.0601. The molecule has 0 fully saturated rings. The van der Waals surface area contributed by atoms with Gasteiger partial charge in [-0.25, -0.2) is 9.78 Å². The zero-order chi connectivity index (χ0) is 21.3. The molecule has 4 rings (SSSR count). The van der Waals surface area contributed by atoms with Gasteiger partial charge in [0.2, 0.25) is 0 Å². The van der Waals surface area contributed by atoms with Crippen molar-refractivity contribution >= 4 is 38.9 Å². The average molecular weight is 421 g/mol. The summed E-state index contributed by atoms with van der Waals surface area (Å²) in [5.74, 6) is 0.679.